The molecule has 19 heavy (non-hydrogen) atoms. The first-order valence-corrected chi connectivity index (χ1v) is 5.68. The summed E-state index contributed by atoms with van der Waals surface area (Å²) in [5, 5.41) is 4.10. The molecule has 1 heterocycles. The minimum atomic E-state index is -0.500. The zero-order valence-corrected chi connectivity index (χ0v) is 10.8. The summed E-state index contributed by atoms with van der Waals surface area (Å²) in [6.45, 7) is 0.479. The lowest BCUT2D eigenvalue weighted by atomic mass is 10.2. The summed E-state index contributed by atoms with van der Waals surface area (Å²) in [7, 11) is 2.92. The van der Waals surface area contributed by atoms with Crippen molar-refractivity contribution in [2.45, 2.75) is 6.54 Å². The Kier molecular flexibility index (Phi) is 3.70. The molecule has 0 atom stereocenters. The molecule has 0 radical (unpaired) electrons. The lowest BCUT2D eigenvalue weighted by Crippen LogP contribution is -2.07. The second-order valence-electron chi connectivity index (χ2n) is 3.95. The largest absolute Gasteiger partial charge is 0.497 e. The molecule has 0 spiro atoms. The van der Waals surface area contributed by atoms with Crippen LogP contribution in [0.2, 0.25) is 0 Å². The molecule has 0 aliphatic carbocycles. The van der Waals surface area contributed by atoms with Gasteiger partial charge in [0.15, 0.2) is 5.69 Å². The average Bonchev–Trinajstić information content (AvgIpc) is 2.80. The van der Waals surface area contributed by atoms with Crippen LogP contribution in [0.4, 0.5) is 5.82 Å². The first-order valence-electron chi connectivity index (χ1n) is 5.68. The normalized spacial score (nSPS) is 10.2. The number of methoxy groups -OCH3 is 2. The van der Waals surface area contributed by atoms with Crippen molar-refractivity contribution in [2.75, 3.05) is 20.0 Å². The summed E-state index contributed by atoms with van der Waals surface area (Å²) in [4.78, 5) is 11.3. The van der Waals surface area contributed by atoms with Gasteiger partial charge in [0.05, 0.1) is 20.8 Å². The highest BCUT2D eigenvalue weighted by molar-refractivity contribution is 5.87. The van der Waals surface area contributed by atoms with Crippen LogP contribution in [-0.2, 0) is 11.3 Å². The number of ether oxygens (including phenoxy) is 2. The van der Waals surface area contributed by atoms with Gasteiger partial charge in [0, 0.05) is 6.07 Å². The lowest BCUT2D eigenvalue weighted by Gasteiger charge is -2.05. The highest BCUT2D eigenvalue weighted by atomic mass is 16.5. The average molecular weight is 261 g/mol. The highest BCUT2D eigenvalue weighted by Gasteiger charge is 2.13. The van der Waals surface area contributed by atoms with E-state index in [-0.39, 0.29) is 5.69 Å². The van der Waals surface area contributed by atoms with E-state index >= 15 is 0 Å². The molecule has 2 N–H and O–H groups in total. The molecule has 2 aromatic rings. The molecule has 1 aromatic heterocycles. The number of nitrogen functional groups attached to an aromatic ring is 1. The molecule has 0 unspecified atom stereocenters. The molecule has 0 bridgehead atoms. The van der Waals surface area contributed by atoms with Crippen molar-refractivity contribution in [3.63, 3.8) is 0 Å². The smallest absolute Gasteiger partial charge is 0.358 e. The highest BCUT2D eigenvalue weighted by Crippen LogP contribution is 2.14. The monoisotopic (exact) mass is 261 g/mol. The summed E-state index contributed by atoms with van der Waals surface area (Å²) < 4.78 is 11.2. The molecule has 0 aliphatic heterocycles. The first kappa shape index (κ1) is 12.9. The van der Waals surface area contributed by atoms with Crippen molar-refractivity contribution in [3.05, 3.63) is 41.6 Å². The molecular weight excluding hydrogens is 246 g/mol. The summed E-state index contributed by atoms with van der Waals surface area (Å²) in [6, 6.07) is 9.04. The number of aromatic nitrogens is 2. The molecule has 0 saturated carbocycles. The zero-order valence-electron chi connectivity index (χ0n) is 10.8. The number of esters is 1. The summed E-state index contributed by atoms with van der Waals surface area (Å²) in [6.07, 6.45) is 0. The number of rotatable bonds is 4. The van der Waals surface area contributed by atoms with E-state index in [9.17, 15) is 4.79 Å². The molecule has 0 aliphatic rings. The summed E-state index contributed by atoms with van der Waals surface area (Å²) >= 11 is 0. The van der Waals surface area contributed by atoms with Gasteiger partial charge in [-0.2, -0.15) is 5.10 Å². The molecule has 6 heteroatoms. The molecule has 100 valence electrons. The minimum absolute atomic E-state index is 0.202. The Morgan fingerprint density at radius 1 is 1.32 bits per heavy atom. The SMILES string of the molecule is COC(=O)c1cc(N)n(Cc2ccc(OC)cc2)n1. The van der Waals surface area contributed by atoms with E-state index in [0.717, 1.165) is 11.3 Å². The lowest BCUT2D eigenvalue weighted by molar-refractivity contribution is 0.0593. The van der Waals surface area contributed by atoms with E-state index in [0.29, 0.717) is 12.4 Å². The maximum atomic E-state index is 11.3. The second kappa shape index (κ2) is 5.43. The van der Waals surface area contributed by atoms with Gasteiger partial charge in [0.2, 0.25) is 0 Å². The van der Waals surface area contributed by atoms with Crippen molar-refractivity contribution in [2.24, 2.45) is 0 Å². The fourth-order valence-electron chi connectivity index (χ4n) is 1.67. The van der Waals surface area contributed by atoms with Crippen LogP contribution < -0.4 is 10.5 Å². The Hall–Kier alpha value is -2.50. The number of carbonyl (C=O) groups excluding carboxylic acids is 1. The van der Waals surface area contributed by atoms with Gasteiger partial charge in [0.25, 0.3) is 0 Å². The summed E-state index contributed by atoms with van der Waals surface area (Å²) in [5.74, 6) is 0.698. The standard InChI is InChI=1S/C13H15N3O3/c1-18-10-5-3-9(4-6-10)8-16-12(14)7-11(15-16)13(17)19-2/h3-7H,8,14H2,1-2H3. The predicted octanol–water partition coefficient (Wildman–Crippen LogP) is 1.31. The van der Waals surface area contributed by atoms with E-state index in [1.807, 2.05) is 24.3 Å². The van der Waals surface area contributed by atoms with Gasteiger partial charge in [-0.1, -0.05) is 12.1 Å². The van der Waals surface area contributed by atoms with E-state index in [4.69, 9.17) is 10.5 Å². The Balaban J connectivity index is 2.18. The van der Waals surface area contributed by atoms with Crippen LogP contribution in [0.5, 0.6) is 5.75 Å². The van der Waals surface area contributed by atoms with Crippen molar-refractivity contribution >= 4 is 11.8 Å². The van der Waals surface area contributed by atoms with Gasteiger partial charge in [0.1, 0.15) is 11.6 Å². The number of anilines is 1. The van der Waals surface area contributed by atoms with E-state index in [1.165, 1.54) is 13.2 Å². The zero-order chi connectivity index (χ0) is 13.8. The van der Waals surface area contributed by atoms with Crippen LogP contribution >= 0.6 is 0 Å². The van der Waals surface area contributed by atoms with Gasteiger partial charge in [-0.3, -0.25) is 0 Å². The third-order valence-electron chi connectivity index (χ3n) is 2.70. The van der Waals surface area contributed by atoms with Crippen LogP contribution in [0.25, 0.3) is 0 Å². The minimum Gasteiger partial charge on any atom is -0.497 e. The van der Waals surface area contributed by atoms with E-state index in [2.05, 4.69) is 9.84 Å². The quantitative estimate of drug-likeness (QED) is 0.839. The fourth-order valence-corrected chi connectivity index (χ4v) is 1.67. The summed E-state index contributed by atoms with van der Waals surface area (Å²) in [5.41, 5.74) is 7.01. The Labute approximate surface area is 110 Å². The third kappa shape index (κ3) is 2.85. The number of carbonyl (C=O) groups is 1. The maximum Gasteiger partial charge on any atom is 0.358 e. The van der Waals surface area contributed by atoms with Crippen molar-refractivity contribution in [1.29, 1.82) is 0 Å². The number of nitrogens with zero attached hydrogens (tertiary/aromatic N) is 2. The number of hydrogen-bond donors (Lipinski definition) is 1. The molecule has 1 aromatic carbocycles. The fraction of sp³-hybridized carbons (Fsp3) is 0.231. The Morgan fingerprint density at radius 2 is 2.00 bits per heavy atom. The Morgan fingerprint density at radius 3 is 2.58 bits per heavy atom. The van der Waals surface area contributed by atoms with Crippen LogP contribution in [-0.4, -0.2) is 30.0 Å². The first-order chi connectivity index (χ1) is 9.13. The molecule has 6 nitrogen and oxygen atoms in total. The van der Waals surface area contributed by atoms with Crippen molar-refractivity contribution in [3.8, 4) is 5.75 Å². The molecule has 2 rings (SSSR count). The molecular formula is C13H15N3O3. The predicted molar refractivity (Wildman–Crippen MR) is 70.1 cm³/mol. The van der Waals surface area contributed by atoms with Crippen LogP contribution in [0.1, 0.15) is 16.1 Å². The van der Waals surface area contributed by atoms with Crippen molar-refractivity contribution < 1.29 is 14.3 Å². The van der Waals surface area contributed by atoms with Gasteiger partial charge < -0.3 is 15.2 Å². The van der Waals surface area contributed by atoms with Gasteiger partial charge in [-0.25, -0.2) is 9.48 Å². The van der Waals surface area contributed by atoms with Gasteiger partial charge in [-0.05, 0) is 17.7 Å². The number of hydrogen-bond acceptors (Lipinski definition) is 5. The van der Waals surface area contributed by atoms with Gasteiger partial charge in [-0.15, -0.1) is 0 Å². The second-order valence-corrected chi connectivity index (χ2v) is 3.95. The van der Waals surface area contributed by atoms with E-state index < -0.39 is 5.97 Å². The number of benzene rings is 1. The molecule has 0 fully saturated rings. The molecule has 0 saturated heterocycles. The molecule has 0 amide bonds. The van der Waals surface area contributed by atoms with E-state index in [1.54, 1.807) is 11.8 Å². The van der Waals surface area contributed by atoms with Gasteiger partial charge >= 0.3 is 5.97 Å². The van der Waals surface area contributed by atoms with Crippen LogP contribution in [0.3, 0.4) is 0 Å². The van der Waals surface area contributed by atoms with Crippen LogP contribution in [0, 0.1) is 0 Å². The van der Waals surface area contributed by atoms with Crippen molar-refractivity contribution in [1.82, 2.24) is 9.78 Å². The topological polar surface area (TPSA) is 79.4 Å². The maximum absolute atomic E-state index is 11.3. The number of nitrogens with two attached hydrogens (primary N) is 1. The Bertz CT molecular complexity index is 575. The third-order valence-corrected chi connectivity index (χ3v) is 2.70. The van der Waals surface area contributed by atoms with Crippen LogP contribution in [0.15, 0.2) is 30.3 Å².